The fourth-order valence-electron chi connectivity index (χ4n) is 3.97. The number of carbonyl (C=O) groups is 1. The second kappa shape index (κ2) is 12.7. The fourth-order valence-corrected chi connectivity index (χ4v) is 4.13. The quantitative estimate of drug-likeness (QED) is 0.385. The zero-order valence-corrected chi connectivity index (χ0v) is 19.6. The molecular weight excluding hydrogens is 426 g/mol. The number of nitrogen functional groups attached to an aromatic ring is 1. The molecule has 2 aromatic rings. The monoisotopic (exact) mass is 459 g/mol. The number of nitrogens with one attached hydrogen (secondary N) is 1. The highest BCUT2D eigenvalue weighted by Gasteiger charge is 2.21. The molecule has 3 N–H and O–H groups in total. The number of hydrogen-bond acceptors (Lipinski definition) is 5. The molecule has 0 unspecified atom stereocenters. The Morgan fingerprint density at radius 1 is 1.19 bits per heavy atom. The number of benzene rings is 2. The molecule has 6 nitrogen and oxygen atoms in total. The standard InChI is InChI=1S/C25H34ClN3O3/c1-31-24-16-23(27)22(26)15-21(24)25(30)28-17-19-9-12-29(13-10-19)11-5-6-14-32-18-20-7-3-2-4-8-20/h2-4,7-8,15-16,19H,5-6,9-14,17-18,27H2,1H3,(H,28,30). The van der Waals surface area contributed by atoms with Crippen molar-refractivity contribution in [1.82, 2.24) is 10.2 Å². The van der Waals surface area contributed by atoms with Gasteiger partial charge >= 0.3 is 0 Å². The molecule has 1 saturated heterocycles. The van der Waals surface area contributed by atoms with Crippen molar-refractivity contribution in [2.75, 3.05) is 45.6 Å². The first-order valence-corrected chi connectivity index (χ1v) is 11.7. The van der Waals surface area contributed by atoms with Crippen molar-refractivity contribution in [1.29, 1.82) is 0 Å². The van der Waals surface area contributed by atoms with E-state index in [0.717, 1.165) is 51.9 Å². The predicted molar refractivity (Wildman–Crippen MR) is 129 cm³/mol. The number of rotatable bonds is 11. The molecule has 2 aromatic carbocycles. The van der Waals surface area contributed by atoms with Crippen LogP contribution in [0.25, 0.3) is 0 Å². The molecule has 0 spiro atoms. The van der Waals surface area contributed by atoms with Crippen LogP contribution < -0.4 is 15.8 Å². The summed E-state index contributed by atoms with van der Waals surface area (Å²) in [6, 6.07) is 13.4. The summed E-state index contributed by atoms with van der Waals surface area (Å²) in [7, 11) is 1.52. The highest BCUT2D eigenvalue weighted by Crippen LogP contribution is 2.29. The van der Waals surface area contributed by atoms with Gasteiger partial charge in [0, 0.05) is 19.2 Å². The van der Waals surface area contributed by atoms with Crippen LogP contribution in [0.4, 0.5) is 5.69 Å². The molecule has 3 rings (SSSR count). The minimum absolute atomic E-state index is 0.179. The summed E-state index contributed by atoms with van der Waals surface area (Å²) in [6.07, 6.45) is 4.40. The van der Waals surface area contributed by atoms with Gasteiger partial charge in [-0.15, -0.1) is 0 Å². The van der Waals surface area contributed by atoms with E-state index >= 15 is 0 Å². The summed E-state index contributed by atoms with van der Waals surface area (Å²) < 4.78 is 11.0. The van der Waals surface area contributed by atoms with Gasteiger partial charge in [-0.2, -0.15) is 0 Å². The number of amides is 1. The molecule has 0 atom stereocenters. The van der Waals surface area contributed by atoms with E-state index in [9.17, 15) is 4.79 Å². The maximum absolute atomic E-state index is 12.6. The van der Waals surface area contributed by atoms with E-state index in [4.69, 9.17) is 26.8 Å². The van der Waals surface area contributed by atoms with Crippen LogP contribution in [-0.4, -0.2) is 50.7 Å². The predicted octanol–water partition coefficient (Wildman–Crippen LogP) is 4.37. The lowest BCUT2D eigenvalue weighted by Crippen LogP contribution is -2.39. The van der Waals surface area contributed by atoms with Crippen LogP contribution in [0.3, 0.4) is 0 Å². The molecule has 1 aliphatic rings. The van der Waals surface area contributed by atoms with Crippen molar-refractivity contribution < 1.29 is 14.3 Å². The number of hydrogen-bond donors (Lipinski definition) is 2. The molecule has 174 valence electrons. The molecular formula is C25H34ClN3O3. The number of ether oxygens (including phenoxy) is 2. The number of likely N-dealkylation sites (tertiary alicyclic amines) is 1. The average molecular weight is 460 g/mol. The summed E-state index contributed by atoms with van der Waals surface area (Å²) in [6.45, 7) is 5.40. The Balaban J connectivity index is 1.29. The van der Waals surface area contributed by atoms with E-state index in [2.05, 4.69) is 22.3 Å². The van der Waals surface area contributed by atoms with Gasteiger partial charge in [0.2, 0.25) is 0 Å². The van der Waals surface area contributed by atoms with Gasteiger partial charge in [0.1, 0.15) is 5.75 Å². The van der Waals surface area contributed by atoms with Crippen molar-refractivity contribution in [3.63, 3.8) is 0 Å². The van der Waals surface area contributed by atoms with E-state index in [1.807, 2.05) is 18.2 Å². The van der Waals surface area contributed by atoms with Crippen LogP contribution in [0.5, 0.6) is 5.75 Å². The lowest BCUT2D eigenvalue weighted by atomic mass is 9.96. The Labute approximate surface area is 196 Å². The molecule has 32 heavy (non-hydrogen) atoms. The number of carbonyl (C=O) groups excluding carboxylic acids is 1. The van der Waals surface area contributed by atoms with E-state index in [1.165, 1.54) is 12.7 Å². The summed E-state index contributed by atoms with van der Waals surface area (Å²) in [5.74, 6) is 0.744. The molecule has 0 aromatic heterocycles. The zero-order valence-electron chi connectivity index (χ0n) is 18.8. The smallest absolute Gasteiger partial charge is 0.255 e. The number of halogens is 1. The van der Waals surface area contributed by atoms with E-state index < -0.39 is 0 Å². The number of piperidine rings is 1. The number of anilines is 1. The lowest BCUT2D eigenvalue weighted by molar-refractivity contribution is 0.0930. The highest BCUT2D eigenvalue weighted by atomic mass is 35.5. The van der Waals surface area contributed by atoms with Crippen LogP contribution in [0.15, 0.2) is 42.5 Å². The van der Waals surface area contributed by atoms with Gasteiger partial charge in [0.05, 0.1) is 30.0 Å². The number of nitrogens with two attached hydrogens (primary N) is 1. The Morgan fingerprint density at radius 3 is 2.66 bits per heavy atom. The van der Waals surface area contributed by atoms with Gasteiger partial charge in [0.25, 0.3) is 5.91 Å². The molecule has 7 heteroatoms. The molecule has 1 aliphatic heterocycles. The molecule has 1 fully saturated rings. The molecule has 1 heterocycles. The minimum Gasteiger partial charge on any atom is -0.496 e. The van der Waals surface area contributed by atoms with Crippen molar-refractivity contribution in [2.45, 2.75) is 32.3 Å². The van der Waals surface area contributed by atoms with E-state index in [-0.39, 0.29) is 5.91 Å². The largest absolute Gasteiger partial charge is 0.496 e. The average Bonchev–Trinajstić information content (AvgIpc) is 2.82. The molecule has 0 radical (unpaired) electrons. The van der Waals surface area contributed by atoms with Crippen LogP contribution in [0.1, 0.15) is 41.6 Å². The van der Waals surface area contributed by atoms with Crippen LogP contribution in [0.2, 0.25) is 5.02 Å². The lowest BCUT2D eigenvalue weighted by Gasteiger charge is -2.32. The van der Waals surface area contributed by atoms with Crippen LogP contribution >= 0.6 is 11.6 Å². The van der Waals surface area contributed by atoms with Gasteiger partial charge < -0.3 is 25.4 Å². The highest BCUT2D eigenvalue weighted by molar-refractivity contribution is 6.33. The number of nitrogens with zero attached hydrogens (tertiary/aromatic N) is 1. The Hall–Kier alpha value is -2.28. The summed E-state index contributed by atoms with van der Waals surface area (Å²) in [5, 5.41) is 3.39. The van der Waals surface area contributed by atoms with Crippen molar-refractivity contribution in [2.24, 2.45) is 5.92 Å². The maximum atomic E-state index is 12.6. The molecule has 0 saturated carbocycles. The molecule has 1 amide bonds. The van der Waals surface area contributed by atoms with Crippen molar-refractivity contribution in [3.05, 3.63) is 58.6 Å². The Kier molecular flexibility index (Phi) is 9.65. The second-order valence-corrected chi connectivity index (χ2v) is 8.72. The third-order valence-corrected chi connectivity index (χ3v) is 6.27. The Bertz CT molecular complexity index is 855. The van der Waals surface area contributed by atoms with Gasteiger partial charge in [0.15, 0.2) is 0 Å². The second-order valence-electron chi connectivity index (χ2n) is 8.31. The zero-order chi connectivity index (χ0) is 22.8. The summed E-state index contributed by atoms with van der Waals surface area (Å²) >= 11 is 6.08. The Morgan fingerprint density at radius 2 is 1.94 bits per heavy atom. The van der Waals surface area contributed by atoms with Gasteiger partial charge in [-0.25, -0.2) is 0 Å². The van der Waals surface area contributed by atoms with E-state index in [0.29, 0.717) is 41.1 Å². The normalized spacial score (nSPS) is 14.9. The van der Waals surface area contributed by atoms with Gasteiger partial charge in [-0.1, -0.05) is 41.9 Å². The third kappa shape index (κ3) is 7.40. The summed E-state index contributed by atoms with van der Waals surface area (Å²) in [5.41, 5.74) is 7.83. The number of methoxy groups -OCH3 is 1. The summed E-state index contributed by atoms with van der Waals surface area (Å²) in [4.78, 5) is 15.1. The SMILES string of the molecule is COc1cc(N)c(Cl)cc1C(=O)NCC1CCN(CCCCOCc2ccccc2)CC1. The van der Waals surface area contributed by atoms with Crippen LogP contribution in [-0.2, 0) is 11.3 Å². The first-order valence-electron chi connectivity index (χ1n) is 11.3. The maximum Gasteiger partial charge on any atom is 0.255 e. The van der Waals surface area contributed by atoms with Gasteiger partial charge in [-0.3, -0.25) is 4.79 Å². The topological polar surface area (TPSA) is 76.8 Å². The molecule has 0 bridgehead atoms. The third-order valence-electron chi connectivity index (χ3n) is 5.95. The minimum atomic E-state index is -0.179. The van der Waals surface area contributed by atoms with Crippen molar-refractivity contribution >= 4 is 23.2 Å². The first kappa shape index (κ1) is 24.4. The van der Waals surface area contributed by atoms with Crippen LogP contribution in [0, 0.1) is 5.92 Å². The number of unbranched alkanes of at least 4 members (excludes halogenated alkanes) is 1. The van der Waals surface area contributed by atoms with Crippen molar-refractivity contribution in [3.8, 4) is 5.75 Å². The first-order chi connectivity index (χ1) is 15.6. The molecule has 0 aliphatic carbocycles. The fraction of sp³-hybridized carbons (Fsp3) is 0.480. The van der Waals surface area contributed by atoms with E-state index in [1.54, 1.807) is 12.1 Å². The van der Waals surface area contributed by atoms with Gasteiger partial charge in [-0.05, 0) is 62.9 Å².